The molecule has 112 valence electrons. The average molecular weight is 302 g/mol. The second-order valence-electron chi connectivity index (χ2n) is 4.92. The van der Waals surface area contributed by atoms with Crippen LogP contribution in [0.4, 0.5) is 18.9 Å². The van der Waals surface area contributed by atoms with E-state index in [1.54, 1.807) is 6.20 Å². The molecule has 0 aliphatic carbocycles. The third-order valence-corrected chi connectivity index (χ3v) is 3.41. The molecule has 0 spiro atoms. The molecule has 1 aromatic heterocycles. The number of fused-ring (bicyclic) bond motifs is 1. The fourth-order valence-electron chi connectivity index (χ4n) is 2.26. The maximum atomic E-state index is 12.5. The molecule has 3 aromatic rings. The second-order valence-corrected chi connectivity index (χ2v) is 4.92. The van der Waals surface area contributed by atoms with Gasteiger partial charge in [0, 0.05) is 23.8 Å². The van der Waals surface area contributed by atoms with E-state index >= 15 is 0 Å². The molecule has 2 nitrogen and oxygen atoms in total. The molecule has 0 aliphatic rings. The fourth-order valence-corrected chi connectivity index (χ4v) is 2.26. The topological polar surface area (TPSA) is 24.9 Å². The van der Waals surface area contributed by atoms with E-state index in [4.69, 9.17) is 0 Å². The number of aromatic nitrogens is 1. The highest BCUT2D eigenvalue weighted by molar-refractivity contribution is 5.90. The summed E-state index contributed by atoms with van der Waals surface area (Å²) in [7, 11) is 0. The van der Waals surface area contributed by atoms with Crippen LogP contribution in [0.3, 0.4) is 0 Å². The van der Waals surface area contributed by atoms with E-state index in [0.717, 1.165) is 34.3 Å². The smallest absolute Gasteiger partial charge is 0.380 e. The minimum absolute atomic E-state index is 0.451. The summed E-state index contributed by atoms with van der Waals surface area (Å²) in [4.78, 5) is 4.27. The average Bonchev–Trinajstić information content (AvgIpc) is 2.52. The van der Waals surface area contributed by atoms with Crippen LogP contribution in [0.2, 0.25) is 0 Å². The molecule has 3 rings (SSSR count). The van der Waals surface area contributed by atoms with Gasteiger partial charge in [-0.2, -0.15) is 13.2 Å². The number of hydrogen-bond donors (Lipinski definition) is 1. The Morgan fingerprint density at radius 1 is 0.909 bits per heavy atom. The van der Waals surface area contributed by atoms with E-state index in [-0.39, 0.29) is 0 Å². The lowest BCUT2D eigenvalue weighted by Gasteiger charge is -2.11. The number of nitrogens with zero attached hydrogens (tertiary/aromatic N) is 1. The Morgan fingerprint density at radius 2 is 1.64 bits per heavy atom. The van der Waals surface area contributed by atoms with Crippen molar-refractivity contribution in [2.24, 2.45) is 0 Å². The molecule has 0 saturated carbocycles. The lowest BCUT2D eigenvalue weighted by Crippen LogP contribution is -2.05. The number of halogens is 3. The van der Waals surface area contributed by atoms with Gasteiger partial charge in [-0.1, -0.05) is 30.3 Å². The van der Waals surface area contributed by atoms with Crippen molar-refractivity contribution in [2.75, 3.05) is 5.32 Å². The first-order valence-corrected chi connectivity index (χ1v) is 6.78. The molecule has 0 amide bonds. The SMILES string of the molecule is FC(F)(F)c1ccc(CNc2ccnc3ccccc23)cc1. The van der Waals surface area contributed by atoms with E-state index < -0.39 is 11.7 Å². The molecule has 1 N–H and O–H groups in total. The highest BCUT2D eigenvalue weighted by Gasteiger charge is 2.29. The summed E-state index contributed by atoms with van der Waals surface area (Å²) in [6.07, 6.45) is -2.59. The minimum atomic E-state index is -4.30. The Hall–Kier alpha value is -2.56. The van der Waals surface area contributed by atoms with Crippen LogP contribution in [0.1, 0.15) is 11.1 Å². The molecule has 5 heteroatoms. The van der Waals surface area contributed by atoms with Crippen LogP contribution >= 0.6 is 0 Å². The van der Waals surface area contributed by atoms with Crippen molar-refractivity contribution in [3.63, 3.8) is 0 Å². The van der Waals surface area contributed by atoms with Gasteiger partial charge in [-0.25, -0.2) is 0 Å². The zero-order valence-corrected chi connectivity index (χ0v) is 11.6. The van der Waals surface area contributed by atoms with E-state index in [9.17, 15) is 13.2 Å². The number of alkyl halides is 3. The summed E-state index contributed by atoms with van der Waals surface area (Å²) < 4.78 is 37.6. The van der Waals surface area contributed by atoms with Crippen molar-refractivity contribution in [2.45, 2.75) is 12.7 Å². The van der Waals surface area contributed by atoms with Gasteiger partial charge in [-0.3, -0.25) is 4.98 Å². The Labute approximate surface area is 125 Å². The molecule has 22 heavy (non-hydrogen) atoms. The minimum Gasteiger partial charge on any atom is -0.380 e. The van der Waals surface area contributed by atoms with Crippen molar-refractivity contribution >= 4 is 16.6 Å². The molecule has 0 aliphatic heterocycles. The van der Waals surface area contributed by atoms with Gasteiger partial charge < -0.3 is 5.32 Å². The lowest BCUT2D eigenvalue weighted by atomic mass is 10.1. The van der Waals surface area contributed by atoms with Gasteiger partial charge in [0.25, 0.3) is 0 Å². The number of para-hydroxylation sites is 1. The number of anilines is 1. The largest absolute Gasteiger partial charge is 0.416 e. The number of nitrogens with one attached hydrogen (secondary N) is 1. The summed E-state index contributed by atoms with van der Waals surface area (Å²) in [5.74, 6) is 0. The maximum absolute atomic E-state index is 12.5. The number of rotatable bonds is 3. The Balaban J connectivity index is 1.77. The van der Waals surface area contributed by atoms with E-state index in [2.05, 4.69) is 10.3 Å². The summed E-state index contributed by atoms with van der Waals surface area (Å²) in [5, 5.41) is 4.22. The first-order valence-electron chi connectivity index (χ1n) is 6.78. The van der Waals surface area contributed by atoms with Gasteiger partial charge in [-0.05, 0) is 29.8 Å². The highest BCUT2D eigenvalue weighted by Crippen LogP contribution is 2.29. The van der Waals surface area contributed by atoms with Crippen molar-refractivity contribution in [1.29, 1.82) is 0 Å². The van der Waals surface area contributed by atoms with Gasteiger partial charge in [0.15, 0.2) is 0 Å². The molecule has 0 fully saturated rings. The summed E-state index contributed by atoms with van der Waals surface area (Å²) in [5.41, 5.74) is 1.94. The Kier molecular flexibility index (Phi) is 3.71. The first-order chi connectivity index (χ1) is 10.5. The van der Waals surface area contributed by atoms with Crippen LogP contribution in [-0.4, -0.2) is 4.98 Å². The molecule has 0 saturated heterocycles. The molecule has 0 unspecified atom stereocenters. The molecule has 2 aromatic carbocycles. The molecule has 0 atom stereocenters. The fraction of sp³-hybridized carbons (Fsp3) is 0.118. The molecule has 1 heterocycles. The quantitative estimate of drug-likeness (QED) is 0.747. The van der Waals surface area contributed by atoms with Gasteiger partial charge in [0.2, 0.25) is 0 Å². The van der Waals surface area contributed by atoms with Crippen LogP contribution in [0.5, 0.6) is 0 Å². The van der Waals surface area contributed by atoms with E-state index in [0.29, 0.717) is 6.54 Å². The predicted molar refractivity (Wildman–Crippen MR) is 80.5 cm³/mol. The Bertz CT molecular complexity index is 775. The summed E-state index contributed by atoms with van der Waals surface area (Å²) in [6, 6.07) is 14.7. The molecule has 0 radical (unpaired) electrons. The molecular formula is C17H13F3N2. The first kappa shape index (κ1) is 14.4. The van der Waals surface area contributed by atoms with E-state index in [1.807, 2.05) is 30.3 Å². The number of hydrogen-bond acceptors (Lipinski definition) is 2. The zero-order valence-electron chi connectivity index (χ0n) is 11.6. The third-order valence-electron chi connectivity index (χ3n) is 3.41. The third kappa shape index (κ3) is 3.03. The second kappa shape index (κ2) is 5.67. The van der Waals surface area contributed by atoms with Crippen LogP contribution in [0.25, 0.3) is 10.9 Å². The normalized spacial score (nSPS) is 11.6. The van der Waals surface area contributed by atoms with Gasteiger partial charge >= 0.3 is 6.18 Å². The predicted octanol–water partition coefficient (Wildman–Crippen LogP) is 4.87. The van der Waals surface area contributed by atoms with Crippen LogP contribution in [0.15, 0.2) is 60.8 Å². The van der Waals surface area contributed by atoms with Gasteiger partial charge in [0.05, 0.1) is 11.1 Å². The summed E-state index contributed by atoms with van der Waals surface area (Å²) >= 11 is 0. The van der Waals surface area contributed by atoms with Crippen molar-refractivity contribution in [1.82, 2.24) is 4.98 Å². The zero-order chi connectivity index (χ0) is 15.6. The van der Waals surface area contributed by atoms with Crippen LogP contribution in [0, 0.1) is 0 Å². The van der Waals surface area contributed by atoms with Crippen LogP contribution < -0.4 is 5.32 Å². The molecule has 0 bridgehead atoms. The van der Waals surface area contributed by atoms with Crippen molar-refractivity contribution in [3.8, 4) is 0 Å². The van der Waals surface area contributed by atoms with Crippen molar-refractivity contribution < 1.29 is 13.2 Å². The monoisotopic (exact) mass is 302 g/mol. The Morgan fingerprint density at radius 3 is 2.36 bits per heavy atom. The van der Waals surface area contributed by atoms with Gasteiger partial charge in [0.1, 0.15) is 0 Å². The number of pyridine rings is 1. The summed E-state index contributed by atoms with van der Waals surface area (Å²) in [6.45, 7) is 0.451. The standard InChI is InChI=1S/C17H13F3N2/c18-17(19,20)13-7-5-12(6-8-13)11-22-16-9-10-21-15-4-2-1-3-14(15)16/h1-10H,11H2,(H,21,22). The van der Waals surface area contributed by atoms with Crippen LogP contribution in [-0.2, 0) is 12.7 Å². The highest BCUT2D eigenvalue weighted by atomic mass is 19.4. The maximum Gasteiger partial charge on any atom is 0.416 e. The molecular weight excluding hydrogens is 289 g/mol. The number of benzene rings is 2. The van der Waals surface area contributed by atoms with Crippen molar-refractivity contribution in [3.05, 3.63) is 71.9 Å². The van der Waals surface area contributed by atoms with Gasteiger partial charge in [-0.15, -0.1) is 0 Å². The lowest BCUT2D eigenvalue weighted by molar-refractivity contribution is -0.137. The van der Waals surface area contributed by atoms with E-state index in [1.165, 1.54) is 12.1 Å².